The number of nitrogens with zero attached hydrogens (tertiary/aromatic N) is 1. The van der Waals surface area contributed by atoms with Crippen LogP contribution in [0, 0.1) is 0 Å². The Bertz CT molecular complexity index is 436. The molecule has 2 atom stereocenters. The lowest BCUT2D eigenvalue weighted by Crippen LogP contribution is -2.49. The number of phenols is 1. The van der Waals surface area contributed by atoms with Gasteiger partial charge in [-0.3, -0.25) is 4.90 Å². The summed E-state index contributed by atoms with van der Waals surface area (Å²) < 4.78 is 5.87. The van der Waals surface area contributed by atoms with Crippen LogP contribution in [0.15, 0.2) is 18.2 Å². The van der Waals surface area contributed by atoms with E-state index in [1.807, 2.05) is 12.1 Å². The van der Waals surface area contributed by atoms with Crippen LogP contribution in [0.25, 0.3) is 0 Å². The summed E-state index contributed by atoms with van der Waals surface area (Å²) in [6.07, 6.45) is 3.65. The van der Waals surface area contributed by atoms with Crippen LogP contribution in [0.2, 0.25) is 0 Å². The summed E-state index contributed by atoms with van der Waals surface area (Å²) in [6.45, 7) is 5.36. The van der Waals surface area contributed by atoms with Crippen LogP contribution in [-0.2, 0) is 0 Å². The number of aromatic hydroxyl groups is 1. The van der Waals surface area contributed by atoms with Crippen molar-refractivity contribution in [3.05, 3.63) is 23.8 Å². The molecule has 3 nitrogen and oxygen atoms in total. The maximum atomic E-state index is 9.68. The topological polar surface area (TPSA) is 32.7 Å². The standard InChI is InChI=1S/C15H21NO2.ClH/c1-2-7-16-8-3-4-12-13-9-11(17)5-6-15(13)18-10-14(12)16;/h5-6,9,12,14,17H,2-4,7-8,10H2,1H3;1H/t12-,14-;/m1./s1. The molecule has 3 rings (SSSR count). The lowest BCUT2D eigenvalue weighted by molar-refractivity contribution is 0.0658. The summed E-state index contributed by atoms with van der Waals surface area (Å²) in [4.78, 5) is 2.56. The first-order valence-electron chi connectivity index (χ1n) is 6.99. The molecule has 2 aliphatic rings. The highest BCUT2D eigenvalue weighted by Crippen LogP contribution is 2.42. The van der Waals surface area contributed by atoms with Crippen molar-refractivity contribution < 1.29 is 9.84 Å². The first-order chi connectivity index (χ1) is 8.79. The Labute approximate surface area is 121 Å². The van der Waals surface area contributed by atoms with Gasteiger partial charge in [-0.05, 0) is 50.6 Å². The number of fused-ring (bicyclic) bond motifs is 3. The van der Waals surface area contributed by atoms with Gasteiger partial charge in [0.2, 0.25) is 0 Å². The lowest BCUT2D eigenvalue weighted by Gasteiger charge is -2.44. The molecule has 1 N–H and O–H groups in total. The molecule has 1 aromatic rings. The molecular formula is C15H22ClNO2. The fraction of sp³-hybridized carbons (Fsp3) is 0.600. The third-order valence-corrected chi connectivity index (χ3v) is 4.21. The van der Waals surface area contributed by atoms with E-state index in [0.29, 0.717) is 17.7 Å². The summed E-state index contributed by atoms with van der Waals surface area (Å²) in [7, 11) is 0. The van der Waals surface area contributed by atoms with Crippen LogP contribution in [0.4, 0.5) is 0 Å². The molecule has 1 fully saturated rings. The second-order valence-electron chi connectivity index (χ2n) is 5.39. The average Bonchev–Trinajstić information content (AvgIpc) is 2.39. The van der Waals surface area contributed by atoms with Crippen LogP contribution in [0.3, 0.4) is 0 Å². The molecule has 0 unspecified atom stereocenters. The molecule has 0 bridgehead atoms. The zero-order valence-electron chi connectivity index (χ0n) is 11.3. The number of benzene rings is 1. The minimum atomic E-state index is 0. The molecule has 0 aliphatic carbocycles. The van der Waals surface area contributed by atoms with Gasteiger partial charge >= 0.3 is 0 Å². The molecular weight excluding hydrogens is 262 g/mol. The van der Waals surface area contributed by atoms with Gasteiger partial charge in [0.25, 0.3) is 0 Å². The number of halogens is 1. The van der Waals surface area contributed by atoms with E-state index in [0.717, 1.165) is 18.9 Å². The van der Waals surface area contributed by atoms with Crippen LogP contribution >= 0.6 is 12.4 Å². The van der Waals surface area contributed by atoms with Gasteiger partial charge in [-0.2, -0.15) is 0 Å². The molecule has 2 heterocycles. The molecule has 0 spiro atoms. The van der Waals surface area contributed by atoms with Gasteiger partial charge in [0.1, 0.15) is 18.1 Å². The number of rotatable bonds is 2. The molecule has 4 heteroatoms. The Kier molecular flexibility index (Phi) is 4.58. The van der Waals surface area contributed by atoms with Crippen molar-refractivity contribution >= 4 is 12.4 Å². The van der Waals surface area contributed by atoms with Gasteiger partial charge < -0.3 is 9.84 Å². The second kappa shape index (κ2) is 6.02. The molecule has 0 aromatic heterocycles. The SMILES string of the molecule is CCCN1CCC[C@@H]2c3cc(O)ccc3OC[C@H]21.Cl. The molecule has 0 saturated carbocycles. The molecule has 1 saturated heterocycles. The van der Waals surface area contributed by atoms with Gasteiger partial charge in [0, 0.05) is 11.5 Å². The molecule has 106 valence electrons. The Morgan fingerprint density at radius 3 is 3.05 bits per heavy atom. The fourth-order valence-corrected chi connectivity index (χ4v) is 3.41. The van der Waals surface area contributed by atoms with Crippen LogP contribution < -0.4 is 4.74 Å². The number of phenolic OH excluding ortho intramolecular Hbond substituents is 1. The van der Waals surface area contributed by atoms with Gasteiger partial charge in [0.05, 0.1) is 6.04 Å². The van der Waals surface area contributed by atoms with E-state index in [2.05, 4.69) is 11.8 Å². The predicted molar refractivity (Wildman–Crippen MR) is 78.5 cm³/mol. The molecule has 19 heavy (non-hydrogen) atoms. The molecule has 1 aromatic carbocycles. The predicted octanol–water partition coefficient (Wildman–Crippen LogP) is 3.16. The summed E-state index contributed by atoms with van der Waals surface area (Å²) in [5.41, 5.74) is 1.20. The van der Waals surface area contributed by atoms with Crippen molar-refractivity contribution in [1.29, 1.82) is 0 Å². The van der Waals surface area contributed by atoms with Crippen LogP contribution in [-0.4, -0.2) is 35.7 Å². The monoisotopic (exact) mass is 283 g/mol. The average molecular weight is 284 g/mol. The number of piperidine rings is 1. The zero-order valence-corrected chi connectivity index (χ0v) is 12.2. The van der Waals surface area contributed by atoms with Gasteiger partial charge in [-0.25, -0.2) is 0 Å². The first-order valence-corrected chi connectivity index (χ1v) is 6.99. The molecule has 2 aliphatic heterocycles. The maximum Gasteiger partial charge on any atom is 0.123 e. The van der Waals surface area contributed by atoms with Crippen molar-refractivity contribution in [2.45, 2.75) is 38.1 Å². The summed E-state index contributed by atoms with van der Waals surface area (Å²) in [5.74, 6) is 1.85. The molecule has 0 radical (unpaired) electrons. The summed E-state index contributed by atoms with van der Waals surface area (Å²) >= 11 is 0. The normalized spacial score (nSPS) is 25.7. The van der Waals surface area contributed by atoms with E-state index in [1.165, 1.54) is 31.4 Å². The van der Waals surface area contributed by atoms with Crippen molar-refractivity contribution in [1.82, 2.24) is 4.90 Å². The van der Waals surface area contributed by atoms with Gasteiger partial charge in [-0.1, -0.05) is 6.92 Å². The highest BCUT2D eigenvalue weighted by molar-refractivity contribution is 5.85. The van der Waals surface area contributed by atoms with E-state index in [4.69, 9.17) is 4.74 Å². The van der Waals surface area contributed by atoms with E-state index in [9.17, 15) is 5.11 Å². The number of likely N-dealkylation sites (tertiary alicyclic amines) is 1. The van der Waals surface area contributed by atoms with E-state index in [-0.39, 0.29) is 12.4 Å². The smallest absolute Gasteiger partial charge is 0.123 e. The van der Waals surface area contributed by atoms with E-state index >= 15 is 0 Å². The number of hydrogen-bond donors (Lipinski definition) is 1. The third-order valence-electron chi connectivity index (χ3n) is 4.21. The minimum Gasteiger partial charge on any atom is -0.508 e. The summed E-state index contributed by atoms with van der Waals surface area (Å²) in [6, 6.07) is 6.00. The largest absolute Gasteiger partial charge is 0.508 e. The fourth-order valence-electron chi connectivity index (χ4n) is 3.41. The Balaban J connectivity index is 0.00000133. The van der Waals surface area contributed by atoms with Crippen LogP contribution in [0.5, 0.6) is 11.5 Å². The highest BCUT2D eigenvalue weighted by atomic mass is 35.5. The highest BCUT2D eigenvalue weighted by Gasteiger charge is 2.37. The van der Waals surface area contributed by atoms with Crippen molar-refractivity contribution in [2.24, 2.45) is 0 Å². The van der Waals surface area contributed by atoms with E-state index in [1.54, 1.807) is 6.07 Å². The van der Waals surface area contributed by atoms with Crippen molar-refractivity contribution in [3.8, 4) is 11.5 Å². The third kappa shape index (κ3) is 2.67. The Morgan fingerprint density at radius 1 is 1.42 bits per heavy atom. The minimum absolute atomic E-state index is 0. The van der Waals surface area contributed by atoms with Crippen molar-refractivity contribution in [3.63, 3.8) is 0 Å². The second-order valence-corrected chi connectivity index (χ2v) is 5.39. The zero-order chi connectivity index (χ0) is 12.5. The van der Waals surface area contributed by atoms with Crippen LogP contribution in [0.1, 0.15) is 37.7 Å². The van der Waals surface area contributed by atoms with Crippen molar-refractivity contribution in [2.75, 3.05) is 19.7 Å². The lowest BCUT2D eigenvalue weighted by atomic mass is 9.81. The Morgan fingerprint density at radius 2 is 2.26 bits per heavy atom. The number of hydrogen-bond acceptors (Lipinski definition) is 3. The van der Waals surface area contributed by atoms with Gasteiger partial charge in [0.15, 0.2) is 0 Å². The first kappa shape index (κ1) is 14.5. The Hall–Kier alpha value is -0.930. The number of ether oxygens (including phenoxy) is 1. The van der Waals surface area contributed by atoms with Gasteiger partial charge in [-0.15, -0.1) is 12.4 Å². The van der Waals surface area contributed by atoms with E-state index < -0.39 is 0 Å². The summed E-state index contributed by atoms with van der Waals surface area (Å²) in [5, 5.41) is 9.68. The molecule has 0 amide bonds. The maximum absolute atomic E-state index is 9.68. The quantitative estimate of drug-likeness (QED) is 0.905.